The van der Waals surface area contributed by atoms with Gasteiger partial charge in [-0.25, -0.2) is 0 Å². The van der Waals surface area contributed by atoms with Crippen molar-refractivity contribution in [3.63, 3.8) is 0 Å². The van der Waals surface area contributed by atoms with Crippen molar-refractivity contribution in [2.45, 2.75) is 6.92 Å². The molecule has 28 heavy (non-hydrogen) atoms. The summed E-state index contributed by atoms with van der Waals surface area (Å²) in [5.41, 5.74) is 3.06. The van der Waals surface area contributed by atoms with Gasteiger partial charge in [-0.1, -0.05) is 47.6 Å². The van der Waals surface area contributed by atoms with Crippen molar-refractivity contribution in [2.75, 3.05) is 19.8 Å². The van der Waals surface area contributed by atoms with Crippen LogP contribution in [0.25, 0.3) is 11.1 Å². The second-order valence-corrected chi connectivity index (χ2v) is 5.97. The topological polar surface area (TPSA) is 60.3 Å². The van der Waals surface area contributed by atoms with E-state index in [0.717, 1.165) is 16.9 Å². The molecule has 144 valence electrons. The Morgan fingerprint density at radius 1 is 0.786 bits per heavy atom. The third kappa shape index (κ3) is 5.27. The predicted molar refractivity (Wildman–Crippen MR) is 110 cm³/mol. The highest BCUT2D eigenvalue weighted by Gasteiger charge is 2.06. The van der Waals surface area contributed by atoms with E-state index < -0.39 is 0 Å². The van der Waals surface area contributed by atoms with Gasteiger partial charge in [0.1, 0.15) is 19.0 Å². The van der Waals surface area contributed by atoms with E-state index in [1.54, 1.807) is 18.2 Å². The highest BCUT2D eigenvalue weighted by molar-refractivity contribution is 5.80. The molecule has 0 aliphatic heterocycles. The summed E-state index contributed by atoms with van der Waals surface area (Å²) in [6.07, 6.45) is 1.34. The molecule has 0 aliphatic carbocycles. The van der Waals surface area contributed by atoms with E-state index in [0.29, 0.717) is 31.3 Å². The Labute approximate surface area is 164 Å². The van der Waals surface area contributed by atoms with Crippen molar-refractivity contribution < 1.29 is 19.4 Å². The minimum absolute atomic E-state index is 0.383. The summed E-state index contributed by atoms with van der Waals surface area (Å²) >= 11 is 0. The fourth-order valence-electron chi connectivity index (χ4n) is 2.74. The first-order chi connectivity index (χ1) is 13.8. The summed E-state index contributed by atoms with van der Waals surface area (Å²) in [4.78, 5) is 0. The van der Waals surface area contributed by atoms with Gasteiger partial charge in [0.05, 0.1) is 12.8 Å². The van der Waals surface area contributed by atoms with Gasteiger partial charge in [-0.2, -0.15) is 0 Å². The third-order valence-corrected chi connectivity index (χ3v) is 4.05. The molecule has 0 atom stereocenters. The molecule has 0 saturated carbocycles. The maximum atomic E-state index is 8.65. The van der Waals surface area contributed by atoms with Crippen molar-refractivity contribution in [1.82, 2.24) is 0 Å². The van der Waals surface area contributed by atoms with Gasteiger partial charge in [-0.3, -0.25) is 0 Å². The van der Waals surface area contributed by atoms with Crippen molar-refractivity contribution in [3.8, 4) is 28.4 Å². The molecule has 3 aromatic rings. The van der Waals surface area contributed by atoms with Crippen LogP contribution in [0.1, 0.15) is 12.5 Å². The molecular weight excluding hydrogens is 354 g/mol. The number of oxime groups is 1. The third-order valence-electron chi connectivity index (χ3n) is 4.05. The van der Waals surface area contributed by atoms with Gasteiger partial charge in [0.2, 0.25) is 0 Å². The number of benzene rings is 3. The Kier molecular flexibility index (Phi) is 6.90. The van der Waals surface area contributed by atoms with Crippen molar-refractivity contribution in [1.29, 1.82) is 0 Å². The lowest BCUT2D eigenvalue weighted by Crippen LogP contribution is -2.10. The minimum Gasteiger partial charge on any atom is -0.490 e. The minimum atomic E-state index is 0.383. The number of hydrogen-bond donors (Lipinski definition) is 1. The van der Waals surface area contributed by atoms with E-state index in [1.165, 1.54) is 11.8 Å². The summed E-state index contributed by atoms with van der Waals surface area (Å²) < 4.78 is 17.1. The molecule has 0 saturated heterocycles. The Hall–Kier alpha value is -3.47. The zero-order valence-electron chi connectivity index (χ0n) is 15.7. The van der Waals surface area contributed by atoms with Gasteiger partial charge in [0.15, 0.2) is 11.5 Å². The lowest BCUT2D eigenvalue weighted by atomic mass is 10.1. The van der Waals surface area contributed by atoms with E-state index in [-0.39, 0.29) is 0 Å². The molecule has 5 nitrogen and oxygen atoms in total. The van der Waals surface area contributed by atoms with E-state index in [1.807, 2.05) is 49.4 Å². The monoisotopic (exact) mass is 377 g/mol. The van der Waals surface area contributed by atoms with Crippen LogP contribution in [0.5, 0.6) is 17.2 Å². The number of nitrogens with zero attached hydrogens (tertiary/aromatic N) is 1. The Morgan fingerprint density at radius 2 is 1.50 bits per heavy atom. The largest absolute Gasteiger partial charge is 0.490 e. The van der Waals surface area contributed by atoms with E-state index in [9.17, 15) is 0 Å². The van der Waals surface area contributed by atoms with Crippen LogP contribution in [0.4, 0.5) is 0 Å². The molecule has 5 heteroatoms. The first kappa shape index (κ1) is 19.3. The van der Waals surface area contributed by atoms with E-state index in [4.69, 9.17) is 19.4 Å². The van der Waals surface area contributed by atoms with E-state index in [2.05, 4.69) is 17.3 Å². The Morgan fingerprint density at radius 3 is 2.21 bits per heavy atom. The van der Waals surface area contributed by atoms with Gasteiger partial charge in [-0.05, 0) is 48.4 Å². The number of rotatable bonds is 9. The van der Waals surface area contributed by atoms with Crippen LogP contribution >= 0.6 is 0 Å². The Balaban J connectivity index is 1.53. The SMILES string of the molecule is CCOc1cc(C=NO)ccc1OCCOc1ccc(-c2ccccc2)cc1. The second kappa shape index (κ2) is 10.0. The molecule has 0 bridgehead atoms. The summed E-state index contributed by atoms with van der Waals surface area (Å²) in [7, 11) is 0. The van der Waals surface area contributed by atoms with Gasteiger partial charge in [-0.15, -0.1) is 0 Å². The molecule has 0 unspecified atom stereocenters. The summed E-state index contributed by atoms with van der Waals surface area (Å²) in [6.45, 7) is 3.21. The molecule has 0 fully saturated rings. The van der Waals surface area contributed by atoms with Crippen molar-refractivity contribution >= 4 is 6.21 Å². The molecule has 3 aromatic carbocycles. The maximum absolute atomic E-state index is 8.65. The molecule has 0 aromatic heterocycles. The molecule has 0 radical (unpaired) electrons. The van der Waals surface area contributed by atoms with Crippen LogP contribution in [0.3, 0.4) is 0 Å². The quantitative estimate of drug-likeness (QED) is 0.246. The Bertz CT molecular complexity index is 892. The first-order valence-corrected chi connectivity index (χ1v) is 9.15. The zero-order valence-corrected chi connectivity index (χ0v) is 15.7. The van der Waals surface area contributed by atoms with E-state index >= 15 is 0 Å². The smallest absolute Gasteiger partial charge is 0.161 e. The van der Waals surface area contributed by atoms with Crippen molar-refractivity contribution in [2.24, 2.45) is 5.16 Å². The van der Waals surface area contributed by atoms with Gasteiger partial charge in [0, 0.05) is 5.56 Å². The molecule has 0 aliphatic rings. The average Bonchev–Trinajstić information content (AvgIpc) is 2.74. The lowest BCUT2D eigenvalue weighted by Gasteiger charge is -2.13. The van der Waals surface area contributed by atoms with Crippen LogP contribution in [0.15, 0.2) is 78.0 Å². The number of hydrogen-bond acceptors (Lipinski definition) is 5. The van der Waals surface area contributed by atoms with Gasteiger partial charge in [0.25, 0.3) is 0 Å². The molecule has 1 N–H and O–H groups in total. The molecule has 0 amide bonds. The number of ether oxygens (including phenoxy) is 3. The summed E-state index contributed by atoms with van der Waals surface area (Å²) in [5.74, 6) is 2.02. The fourth-order valence-corrected chi connectivity index (χ4v) is 2.74. The van der Waals surface area contributed by atoms with Crippen LogP contribution in [-0.2, 0) is 0 Å². The summed E-state index contributed by atoms with van der Waals surface area (Å²) in [5, 5.41) is 11.7. The van der Waals surface area contributed by atoms with Crippen molar-refractivity contribution in [3.05, 3.63) is 78.4 Å². The maximum Gasteiger partial charge on any atom is 0.161 e. The normalized spacial score (nSPS) is 10.8. The average molecular weight is 377 g/mol. The fraction of sp³-hybridized carbons (Fsp3) is 0.174. The molecule has 3 rings (SSSR count). The van der Waals surface area contributed by atoms with Crippen LogP contribution in [-0.4, -0.2) is 31.2 Å². The summed E-state index contributed by atoms with van der Waals surface area (Å²) in [6, 6.07) is 23.6. The zero-order chi connectivity index (χ0) is 19.6. The molecule has 0 heterocycles. The molecular formula is C23H23NO4. The second-order valence-electron chi connectivity index (χ2n) is 5.97. The molecule has 0 spiro atoms. The van der Waals surface area contributed by atoms with Crippen LogP contribution in [0, 0.1) is 0 Å². The first-order valence-electron chi connectivity index (χ1n) is 9.15. The standard InChI is InChI=1S/C23H23NO4/c1-2-26-23-16-18(17-24-25)8-13-22(23)28-15-14-27-21-11-9-20(10-12-21)19-6-4-3-5-7-19/h3-13,16-17,25H,2,14-15H2,1H3. The highest BCUT2D eigenvalue weighted by Crippen LogP contribution is 2.28. The predicted octanol–water partition coefficient (Wildman–Crippen LogP) is 5.02. The lowest BCUT2D eigenvalue weighted by molar-refractivity contribution is 0.208. The van der Waals surface area contributed by atoms with Gasteiger partial charge < -0.3 is 19.4 Å². The highest BCUT2D eigenvalue weighted by atomic mass is 16.5. The van der Waals surface area contributed by atoms with Gasteiger partial charge >= 0.3 is 0 Å². The van der Waals surface area contributed by atoms with Crippen LogP contribution < -0.4 is 14.2 Å². The van der Waals surface area contributed by atoms with Crippen LogP contribution in [0.2, 0.25) is 0 Å².